The number of aromatic carboxylic acids is 1. The first-order chi connectivity index (χ1) is 9.45. The second kappa shape index (κ2) is 5.97. The number of carboxylic acids is 1. The molecule has 1 N–H and O–H groups in total. The summed E-state index contributed by atoms with van der Waals surface area (Å²) in [5.74, 6) is -0.210. The number of hydrogen-bond donors (Lipinski definition) is 1. The SMILES string of the molecule is CC(C)Oc1ccc(-c2cc(Cl)cc(C(=O)O)c2)cc1. The number of halogens is 1. The van der Waals surface area contributed by atoms with E-state index in [1.165, 1.54) is 6.07 Å². The van der Waals surface area contributed by atoms with Gasteiger partial charge >= 0.3 is 5.97 Å². The normalized spacial score (nSPS) is 10.6. The van der Waals surface area contributed by atoms with Gasteiger partial charge in [-0.1, -0.05) is 23.7 Å². The highest BCUT2D eigenvalue weighted by Gasteiger charge is 2.08. The van der Waals surface area contributed by atoms with Crippen molar-refractivity contribution in [3.8, 4) is 16.9 Å². The van der Waals surface area contributed by atoms with Gasteiger partial charge in [0.2, 0.25) is 0 Å². The Morgan fingerprint density at radius 3 is 2.30 bits per heavy atom. The predicted octanol–water partition coefficient (Wildman–Crippen LogP) is 4.49. The molecule has 3 nitrogen and oxygen atoms in total. The van der Waals surface area contributed by atoms with E-state index in [2.05, 4.69) is 0 Å². The molecule has 0 saturated heterocycles. The second-order valence-corrected chi connectivity index (χ2v) is 5.16. The molecule has 0 amide bonds. The summed E-state index contributed by atoms with van der Waals surface area (Å²) in [4.78, 5) is 11.0. The maximum Gasteiger partial charge on any atom is 0.335 e. The van der Waals surface area contributed by atoms with Crippen LogP contribution in [0, 0.1) is 0 Å². The molecule has 0 radical (unpaired) electrons. The van der Waals surface area contributed by atoms with Crippen molar-refractivity contribution >= 4 is 17.6 Å². The van der Waals surface area contributed by atoms with Gasteiger partial charge < -0.3 is 9.84 Å². The van der Waals surface area contributed by atoms with Gasteiger partial charge in [-0.2, -0.15) is 0 Å². The number of rotatable bonds is 4. The van der Waals surface area contributed by atoms with Gasteiger partial charge in [-0.3, -0.25) is 0 Å². The molecule has 0 heterocycles. The first kappa shape index (κ1) is 14.4. The van der Waals surface area contributed by atoms with Crippen LogP contribution in [-0.2, 0) is 0 Å². The van der Waals surface area contributed by atoms with Gasteiger partial charge in [-0.25, -0.2) is 4.79 Å². The van der Waals surface area contributed by atoms with Crippen LogP contribution in [0.4, 0.5) is 0 Å². The van der Waals surface area contributed by atoms with Crippen LogP contribution >= 0.6 is 11.6 Å². The summed E-state index contributed by atoms with van der Waals surface area (Å²) in [5, 5.41) is 9.45. The lowest BCUT2D eigenvalue weighted by Crippen LogP contribution is -2.05. The molecule has 0 spiro atoms. The van der Waals surface area contributed by atoms with E-state index in [0.717, 1.165) is 16.9 Å². The molecule has 0 aliphatic rings. The van der Waals surface area contributed by atoms with Crippen molar-refractivity contribution in [3.63, 3.8) is 0 Å². The number of carbonyl (C=O) groups is 1. The fourth-order valence-corrected chi connectivity index (χ4v) is 2.11. The topological polar surface area (TPSA) is 46.5 Å². The van der Waals surface area contributed by atoms with Crippen LogP contribution in [0.2, 0.25) is 5.02 Å². The average molecular weight is 291 g/mol. The fourth-order valence-electron chi connectivity index (χ4n) is 1.88. The molecule has 0 aliphatic heterocycles. The third-order valence-corrected chi connectivity index (χ3v) is 2.92. The second-order valence-electron chi connectivity index (χ2n) is 4.72. The van der Waals surface area contributed by atoms with Crippen molar-refractivity contribution in [2.24, 2.45) is 0 Å². The minimum absolute atomic E-state index is 0.116. The van der Waals surface area contributed by atoms with Gasteiger partial charge in [0.15, 0.2) is 0 Å². The molecule has 0 unspecified atom stereocenters. The van der Waals surface area contributed by atoms with Gasteiger partial charge in [-0.15, -0.1) is 0 Å². The van der Waals surface area contributed by atoms with Crippen LogP contribution in [0.25, 0.3) is 11.1 Å². The first-order valence-electron chi connectivity index (χ1n) is 6.26. The van der Waals surface area contributed by atoms with Crippen molar-refractivity contribution in [2.45, 2.75) is 20.0 Å². The lowest BCUT2D eigenvalue weighted by molar-refractivity contribution is 0.0697. The van der Waals surface area contributed by atoms with Gasteiger partial charge in [0.1, 0.15) is 5.75 Å². The number of ether oxygens (including phenoxy) is 1. The molecule has 2 rings (SSSR count). The van der Waals surface area contributed by atoms with Crippen molar-refractivity contribution < 1.29 is 14.6 Å². The van der Waals surface area contributed by atoms with E-state index in [1.54, 1.807) is 12.1 Å². The summed E-state index contributed by atoms with van der Waals surface area (Å²) in [6.07, 6.45) is 0.116. The number of hydrogen-bond acceptors (Lipinski definition) is 2. The standard InChI is InChI=1S/C16H15ClO3/c1-10(2)20-15-5-3-11(4-6-15)12-7-13(16(18)19)9-14(17)8-12/h3-10H,1-2H3,(H,18,19). The van der Waals surface area contributed by atoms with Crippen LogP contribution < -0.4 is 4.74 Å². The van der Waals surface area contributed by atoms with Gasteiger partial charge in [0, 0.05) is 5.02 Å². The average Bonchev–Trinajstić information content (AvgIpc) is 2.38. The summed E-state index contributed by atoms with van der Waals surface area (Å²) in [7, 11) is 0. The molecule has 2 aromatic carbocycles. The van der Waals surface area contributed by atoms with Crippen LogP contribution in [0.1, 0.15) is 24.2 Å². The molecular formula is C16H15ClO3. The molecular weight excluding hydrogens is 276 g/mol. The monoisotopic (exact) mass is 290 g/mol. The smallest absolute Gasteiger partial charge is 0.335 e. The van der Waals surface area contributed by atoms with Crippen molar-refractivity contribution in [1.82, 2.24) is 0 Å². The molecule has 4 heteroatoms. The van der Waals surface area contributed by atoms with Crippen LogP contribution in [0.3, 0.4) is 0 Å². The van der Waals surface area contributed by atoms with Crippen LogP contribution in [0.5, 0.6) is 5.75 Å². The fraction of sp³-hybridized carbons (Fsp3) is 0.188. The third-order valence-electron chi connectivity index (χ3n) is 2.70. The zero-order valence-corrected chi connectivity index (χ0v) is 12.0. The zero-order chi connectivity index (χ0) is 14.7. The van der Waals surface area contributed by atoms with E-state index in [1.807, 2.05) is 38.1 Å². The van der Waals surface area contributed by atoms with E-state index in [9.17, 15) is 4.79 Å². The Labute approximate surface area is 122 Å². The van der Waals surface area contributed by atoms with E-state index < -0.39 is 5.97 Å². The van der Waals surface area contributed by atoms with Crippen molar-refractivity contribution in [3.05, 3.63) is 53.1 Å². The Kier molecular flexibility index (Phi) is 4.30. The quantitative estimate of drug-likeness (QED) is 0.902. The molecule has 0 bridgehead atoms. The van der Waals surface area contributed by atoms with Crippen LogP contribution in [-0.4, -0.2) is 17.2 Å². The summed E-state index contributed by atoms with van der Waals surface area (Å²) in [6, 6.07) is 12.3. The molecule has 104 valence electrons. The Hall–Kier alpha value is -2.00. The number of benzene rings is 2. The summed E-state index contributed by atoms with van der Waals surface area (Å²) >= 11 is 5.96. The van der Waals surface area contributed by atoms with E-state index >= 15 is 0 Å². The Morgan fingerprint density at radius 2 is 1.75 bits per heavy atom. The maximum absolute atomic E-state index is 11.0. The molecule has 0 fully saturated rings. The van der Waals surface area contributed by atoms with Gasteiger partial charge in [-0.05, 0) is 55.3 Å². The lowest BCUT2D eigenvalue weighted by Gasteiger charge is -2.10. The van der Waals surface area contributed by atoms with Crippen molar-refractivity contribution in [1.29, 1.82) is 0 Å². The Balaban J connectivity index is 2.34. The highest BCUT2D eigenvalue weighted by Crippen LogP contribution is 2.27. The minimum Gasteiger partial charge on any atom is -0.491 e. The molecule has 2 aromatic rings. The van der Waals surface area contributed by atoms with Gasteiger partial charge in [0.05, 0.1) is 11.7 Å². The van der Waals surface area contributed by atoms with E-state index in [-0.39, 0.29) is 11.7 Å². The zero-order valence-electron chi connectivity index (χ0n) is 11.3. The minimum atomic E-state index is -0.992. The van der Waals surface area contributed by atoms with E-state index in [0.29, 0.717) is 5.02 Å². The largest absolute Gasteiger partial charge is 0.491 e. The van der Waals surface area contributed by atoms with Crippen LogP contribution in [0.15, 0.2) is 42.5 Å². The number of carboxylic acid groups (broad SMARTS) is 1. The Bertz CT molecular complexity index is 618. The highest BCUT2D eigenvalue weighted by molar-refractivity contribution is 6.31. The molecule has 0 aliphatic carbocycles. The molecule has 0 aromatic heterocycles. The first-order valence-corrected chi connectivity index (χ1v) is 6.64. The summed E-state index contributed by atoms with van der Waals surface area (Å²) in [5.41, 5.74) is 1.84. The summed E-state index contributed by atoms with van der Waals surface area (Å²) < 4.78 is 5.57. The maximum atomic E-state index is 11.0. The predicted molar refractivity (Wildman–Crippen MR) is 79.6 cm³/mol. The Morgan fingerprint density at radius 1 is 1.10 bits per heavy atom. The summed E-state index contributed by atoms with van der Waals surface area (Å²) in [6.45, 7) is 3.92. The third kappa shape index (κ3) is 3.52. The lowest BCUT2D eigenvalue weighted by atomic mass is 10.0. The van der Waals surface area contributed by atoms with Crippen molar-refractivity contribution in [2.75, 3.05) is 0 Å². The van der Waals surface area contributed by atoms with Gasteiger partial charge in [0.25, 0.3) is 0 Å². The van der Waals surface area contributed by atoms with E-state index in [4.69, 9.17) is 21.4 Å². The highest BCUT2D eigenvalue weighted by atomic mass is 35.5. The molecule has 0 atom stereocenters. The molecule has 0 saturated carbocycles. The molecule has 20 heavy (non-hydrogen) atoms.